The number of nitrogens with one attached hydrogen (secondary N) is 2. The maximum absolute atomic E-state index is 12.4. The van der Waals surface area contributed by atoms with Crippen molar-refractivity contribution in [3.05, 3.63) is 59.9 Å². The zero-order valence-electron chi connectivity index (χ0n) is 16.2. The summed E-state index contributed by atoms with van der Waals surface area (Å²) in [4.78, 5) is 28.8. The Hall–Kier alpha value is -2.89. The molecule has 1 saturated carbocycles. The van der Waals surface area contributed by atoms with Gasteiger partial charge in [-0.1, -0.05) is 12.1 Å². The lowest BCUT2D eigenvalue weighted by Gasteiger charge is -2.27. The number of pyridine rings is 1. The molecule has 0 atom stereocenters. The molecule has 148 valence electrons. The first kappa shape index (κ1) is 19.9. The van der Waals surface area contributed by atoms with Crippen LogP contribution < -0.4 is 15.4 Å². The van der Waals surface area contributed by atoms with Gasteiger partial charge in [0.2, 0.25) is 11.8 Å². The molecule has 2 N–H and O–H groups in total. The molecule has 2 amide bonds. The highest BCUT2D eigenvalue weighted by atomic mass is 16.5. The number of nitrogens with zero attached hydrogens (tertiary/aromatic N) is 1. The second-order valence-corrected chi connectivity index (χ2v) is 7.19. The van der Waals surface area contributed by atoms with E-state index < -0.39 is 0 Å². The number of benzene rings is 1. The van der Waals surface area contributed by atoms with Gasteiger partial charge in [0, 0.05) is 37.3 Å². The Labute approximate surface area is 165 Å². The summed E-state index contributed by atoms with van der Waals surface area (Å²) in [6.07, 6.45) is 6.45. The van der Waals surface area contributed by atoms with Crippen LogP contribution in [-0.2, 0) is 22.7 Å². The molecule has 0 unspecified atom stereocenters. The highest BCUT2D eigenvalue weighted by molar-refractivity contribution is 5.81. The molecule has 1 fully saturated rings. The first-order chi connectivity index (χ1) is 13.7. The van der Waals surface area contributed by atoms with E-state index in [1.807, 2.05) is 36.4 Å². The van der Waals surface area contributed by atoms with Crippen LogP contribution in [0.3, 0.4) is 0 Å². The van der Waals surface area contributed by atoms with Gasteiger partial charge in [0.05, 0.1) is 7.11 Å². The largest absolute Gasteiger partial charge is 0.497 e. The summed E-state index contributed by atoms with van der Waals surface area (Å²) in [6, 6.07) is 11.5. The molecular formula is C22H27N3O3. The third-order valence-electron chi connectivity index (χ3n) is 5.31. The van der Waals surface area contributed by atoms with Crippen molar-refractivity contribution in [2.75, 3.05) is 7.11 Å². The summed E-state index contributed by atoms with van der Waals surface area (Å²) in [5.74, 6) is 0.936. The molecular weight excluding hydrogens is 354 g/mol. The molecule has 0 radical (unpaired) electrons. The van der Waals surface area contributed by atoms with E-state index in [0.717, 1.165) is 42.6 Å². The van der Waals surface area contributed by atoms with Gasteiger partial charge in [0.15, 0.2) is 0 Å². The number of hydrogen-bond acceptors (Lipinski definition) is 4. The first-order valence-corrected chi connectivity index (χ1v) is 9.73. The Morgan fingerprint density at radius 1 is 0.857 bits per heavy atom. The third-order valence-corrected chi connectivity index (χ3v) is 5.31. The quantitative estimate of drug-likeness (QED) is 0.773. The van der Waals surface area contributed by atoms with Gasteiger partial charge in [-0.2, -0.15) is 0 Å². The monoisotopic (exact) mass is 381 g/mol. The van der Waals surface area contributed by atoms with Crippen molar-refractivity contribution in [2.45, 2.75) is 38.8 Å². The predicted molar refractivity (Wildman–Crippen MR) is 106 cm³/mol. The number of carbonyl (C=O) groups excluding carboxylic acids is 2. The van der Waals surface area contributed by atoms with Crippen LogP contribution in [-0.4, -0.2) is 23.9 Å². The molecule has 1 aromatic heterocycles. The van der Waals surface area contributed by atoms with E-state index in [1.54, 1.807) is 19.5 Å². The lowest BCUT2D eigenvalue weighted by atomic mass is 9.81. The molecule has 6 heteroatoms. The average Bonchev–Trinajstić information content (AvgIpc) is 2.77. The molecule has 6 nitrogen and oxygen atoms in total. The number of hydrogen-bond donors (Lipinski definition) is 2. The van der Waals surface area contributed by atoms with E-state index in [9.17, 15) is 9.59 Å². The lowest BCUT2D eigenvalue weighted by Crippen LogP contribution is -2.37. The van der Waals surface area contributed by atoms with Crippen LogP contribution in [0.4, 0.5) is 0 Å². The van der Waals surface area contributed by atoms with Crippen LogP contribution in [0.25, 0.3) is 0 Å². The molecule has 1 aromatic carbocycles. The van der Waals surface area contributed by atoms with E-state index in [4.69, 9.17) is 4.74 Å². The maximum atomic E-state index is 12.4. The smallest absolute Gasteiger partial charge is 0.223 e. The highest BCUT2D eigenvalue weighted by Crippen LogP contribution is 2.29. The van der Waals surface area contributed by atoms with Crippen LogP contribution in [0.15, 0.2) is 48.8 Å². The number of rotatable bonds is 7. The maximum Gasteiger partial charge on any atom is 0.223 e. The molecule has 1 aliphatic rings. The summed E-state index contributed by atoms with van der Waals surface area (Å²) < 4.78 is 5.14. The molecule has 1 aliphatic carbocycles. The number of ether oxygens (including phenoxy) is 1. The van der Waals surface area contributed by atoms with Crippen molar-refractivity contribution >= 4 is 11.8 Å². The number of amides is 2. The zero-order valence-corrected chi connectivity index (χ0v) is 16.2. The third kappa shape index (κ3) is 5.55. The van der Waals surface area contributed by atoms with Gasteiger partial charge in [0.1, 0.15) is 5.75 Å². The Kier molecular flexibility index (Phi) is 7.00. The second kappa shape index (κ2) is 9.88. The summed E-state index contributed by atoms with van der Waals surface area (Å²) in [5, 5.41) is 6.00. The van der Waals surface area contributed by atoms with Crippen LogP contribution in [0.2, 0.25) is 0 Å². The molecule has 0 saturated heterocycles. The van der Waals surface area contributed by atoms with Gasteiger partial charge in [-0.15, -0.1) is 0 Å². The van der Waals surface area contributed by atoms with Crippen molar-refractivity contribution < 1.29 is 14.3 Å². The van der Waals surface area contributed by atoms with Crippen LogP contribution in [0.5, 0.6) is 5.75 Å². The van der Waals surface area contributed by atoms with E-state index in [-0.39, 0.29) is 23.7 Å². The number of aromatic nitrogens is 1. The zero-order chi connectivity index (χ0) is 19.8. The summed E-state index contributed by atoms with van der Waals surface area (Å²) in [7, 11) is 1.63. The molecule has 0 aliphatic heterocycles. The molecule has 1 heterocycles. The van der Waals surface area contributed by atoms with Crippen LogP contribution in [0, 0.1) is 11.8 Å². The highest BCUT2D eigenvalue weighted by Gasteiger charge is 2.29. The van der Waals surface area contributed by atoms with E-state index in [1.165, 1.54) is 0 Å². The fourth-order valence-corrected chi connectivity index (χ4v) is 3.53. The minimum Gasteiger partial charge on any atom is -0.497 e. The van der Waals surface area contributed by atoms with Gasteiger partial charge in [-0.05, 0) is 61.1 Å². The Bertz CT molecular complexity index is 769. The van der Waals surface area contributed by atoms with Gasteiger partial charge in [-0.3, -0.25) is 14.6 Å². The molecule has 0 spiro atoms. The second-order valence-electron chi connectivity index (χ2n) is 7.19. The Morgan fingerprint density at radius 3 is 1.79 bits per heavy atom. The Morgan fingerprint density at radius 2 is 1.32 bits per heavy atom. The van der Waals surface area contributed by atoms with Gasteiger partial charge in [0.25, 0.3) is 0 Å². The number of carbonyl (C=O) groups is 2. The summed E-state index contributed by atoms with van der Waals surface area (Å²) >= 11 is 0. The fraction of sp³-hybridized carbons (Fsp3) is 0.409. The topological polar surface area (TPSA) is 80.3 Å². The van der Waals surface area contributed by atoms with Gasteiger partial charge < -0.3 is 15.4 Å². The number of methoxy groups -OCH3 is 1. The van der Waals surface area contributed by atoms with Crippen LogP contribution in [0.1, 0.15) is 36.8 Å². The first-order valence-electron chi connectivity index (χ1n) is 9.73. The summed E-state index contributed by atoms with van der Waals surface area (Å²) in [5.41, 5.74) is 2.08. The van der Waals surface area contributed by atoms with Crippen molar-refractivity contribution in [3.63, 3.8) is 0 Å². The van der Waals surface area contributed by atoms with E-state index >= 15 is 0 Å². The van der Waals surface area contributed by atoms with Crippen molar-refractivity contribution in [1.29, 1.82) is 0 Å². The van der Waals surface area contributed by atoms with Crippen molar-refractivity contribution in [3.8, 4) is 5.75 Å². The van der Waals surface area contributed by atoms with Crippen molar-refractivity contribution in [2.24, 2.45) is 11.8 Å². The minimum atomic E-state index is -0.0116. The average molecular weight is 381 g/mol. The van der Waals surface area contributed by atoms with E-state index in [0.29, 0.717) is 13.1 Å². The predicted octanol–water partition coefficient (Wildman–Crippen LogP) is 2.83. The normalized spacial score (nSPS) is 18.9. The standard InChI is InChI=1S/C22H27N3O3/c1-28-20-8-2-16(3-9-20)14-24-21(26)18-4-6-19(7-5-18)22(27)25-15-17-10-12-23-13-11-17/h2-3,8-13,18-19H,4-7,14-15H2,1H3,(H,24,26)(H,25,27). The molecule has 2 aromatic rings. The van der Waals surface area contributed by atoms with E-state index in [2.05, 4.69) is 15.6 Å². The van der Waals surface area contributed by atoms with Gasteiger partial charge >= 0.3 is 0 Å². The molecule has 3 rings (SSSR count). The lowest BCUT2D eigenvalue weighted by molar-refractivity contribution is -0.130. The SMILES string of the molecule is COc1ccc(CNC(=O)C2CCC(C(=O)NCc3ccncc3)CC2)cc1. The molecule has 28 heavy (non-hydrogen) atoms. The summed E-state index contributed by atoms with van der Waals surface area (Å²) in [6.45, 7) is 1.03. The van der Waals surface area contributed by atoms with Crippen LogP contribution >= 0.6 is 0 Å². The Balaban J connectivity index is 1.38. The van der Waals surface area contributed by atoms with Crippen molar-refractivity contribution in [1.82, 2.24) is 15.6 Å². The minimum absolute atomic E-state index is 0.00697. The fourth-order valence-electron chi connectivity index (χ4n) is 3.53. The van der Waals surface area contributed by atoms with Gasteiger partial charge in [-0.25, -0.2) is 0 Å². The molecule has 0 bridgehead atoms.